The summed E-state index contributed by atoms with van der Waals surface area (Å²) in [5.41, 5.74) is 0.957. The van der Waals surface area contributed by atoms with Gasteiger partial charge in [-0.1, -0.05) is 17.7 Å². The average molecular weight is 211 g/mol. The van der Waals surface area contributed by atoms with Crippen LogP contribution >= 0.6 is 11.6 Å². The van der Waals surface area contributed by atoms with Crippen molar-refractivity contribution in [1.29, 1.82) is 0 Å². The van der Waals surface area contributed by atoms with E-state index in [9.17, 15) is 4.79 Å². The molecule has 0 spiro atoms. The van der Waals surface area contributed by atoms with Gasteiger partial charge in [-0.3, -0.25) is 4.79 Å². The van der Waals surface area contributed by atoms with Crippen molar-refractivity contribution in [3.05, 3.63) is 29.0 Å². The summed E-state index contributed by atoms with van der Waals surface area (Å²) < 4.78 is 0. The molecule has 0 N–H and O–H groups in total. The van der Waals surface area contributed by atoms with E-state index >= 15 is 0 Å². The van der Waals surface area contributed by atoms with E-state index in [0.717, 1.165) is 31.4 Å². The van der Waals surface area contributed by atoms with Crippen molar-refractivity contribution in [2.75, 3.05) is 6.54 Å². The molecule has 0 bridgehead atoms. The Kier molecular flexibility index (Phi) is 2.68. The Labute approximate surface area is 87.7 Å². The molecule has 0 saturated carbocycles. The summed E-state index contributed by atoms with van der Waals surface area (Å²) in [6.07, 6.45) is 4.56. The van der Waals surface area contributed by atoms with E-state index in [4.69, 9.17) is 11.6 Å². The van der Waals surface area contributed by atoms with Crippen LogP contribution in [0.2, 0.25) is 5.15 Å². The van der Waals surface area contributed by atoms with Crippen molar-refractivity contribution < 1.29 is 4.79 Å². The maximum Gasteiger partial charge on any atom is 0.210 e. The molecule has 14 heavy (non-hydrogen) atoms. The van der Waals surface area contributed by atoms with Crippen molar-refractivity contribution in [2.24, 2.45) is 0 Å². The first-order valence-corrected chi connectivity index (χ1v) is 5.02. The van der Waals surface area contributed by atoms with Crippen LogP contribution < -0.4 is 0 Å². The van der Waals surface area contributed by atoms with Crippen LogP contribution in [0.3, 0.4) is 0 Å². The topological polar surface area (TPSA) is 33.2 Å². The lowest BCUT2D eigenvalue weighted by molar-refractivity contribution is -0.118. The Bertz CT molecular complexity index is 343. The van der Waals surface area contributed by atoms with Crippen molar-refractivity contribution >= 4 is 18.0 Å². The van der Waals surface area contributed by atoms with Gasteiger partial charge in [0.25, 0.3) is 0 Å². The van der Waals surface area contributed by atoms with E-state index in [1.165, 1.54) is 0 Å². The van der Waals surface area contributed by atoms with E-state index < -0.39 is 0 Å². The highest BCUT2D eigenvalue weighted by atomic mass is 35.5. The van der Waals surface area contributed by atoms with E-state index in [0.29, 0.717) is 5.15 Å². The molecule has 0 aliphatic carbocycles. The summed E-state index contributed by atoms with van der Waals surface area (Å²) in [7, 11) is 0. The van der Waals surface area contributed by atoms with Crippen LogP contribution in [0.5, 0.6) is 0 Å². The molecule has 1 aromatic rings. The second-order valence-electron chi connectivity index (χ2n) is 3.38. The van der Waals surface area contributed by atoms with Crippen LogP contribution in [0.25, 0.3) is 0 Å². The molecule has 4 heteroatoms. The summed E-state index contributed by atoms with van der Waals surface area (Å²) in [4.78, 5) is 16.6. The quantitative estimate of drug-likeness (QED) is 0.553. The highest BCUT2D eigenvalue weighted by Gasteiger charge is 2.26. The average Bonchev–Trinajstić information content (AvgIpc) is 2.66. The first-order valence-electron chi connectivity index (χ1n) is 4.64. The zero-order valence-corrected chi connectivity index (χ0v) is 8.44. The van der Waals surface area contributed by atoms with Gasteiger partial charge in [0.1, 0.15) is 5.15 Å². The Hall–Kier alpha value is -1.09. The standard InChI is InChI=1S/C10H11ClN2O/c11-10-8(3-1-5-12-10)9-4-2-6-13(9)7-14/h1,3,5,7,9H,2,4,6H2/t9-/m1/s1. The highest BCUT2D eigenvalue weighted by Crippen LogP contribution is 2.33. The number of amides is 1. The zero-order chi connectivity index (χ0) is 9.97. The minimum Gasteiger partial charge on any atom is -0.338 e. The van der Waals surface area contributed by atoms with E-state index in [1.807, 2.05) is 12.1 Å². The van der Waals surface area contributed by atoms with E-state index in [-0.39, 0.29) is 6.04 Å². The minimum atomic E-state index is 0.119. The number of rotatable bonds is 2. The van der Waals surface area contributed by atoms with Gasteiger partial charge >= 0.3 is 0 Å². The fraction of sp³-hybridized carbons (Fsp3) is 0.400. The Morgan fingerprint density at radius 3 is 3.21 bits per heavy atom. The first kappa shape index (κ1) is 9.46. The van der Waals surface area contributed by atoms with Crippen molar-refractivity contribution in [2.45, 2.75) is 18.9 Å². The predicted molar refractivity (Wildman–Crippen MR) is 54.0 cm³/mol. The number of aromatic nitrogens is 1. The van der Waals surface area contributed by atoms with Gasteiger partial charge in [0.15, 0.2) is 0 Å². The third-order valence-electron chi connectivity index (χ3n) is 2.58. The SMILES string of the molecule is O=CN1CCC[C@@H]1c1cccnc1Cl. The molecular weight excluding hydrogens is 200 g/mol. The molecule has 1 aliphatic rings. The molecule has 1 aromatic heterocycles. The van der Waals surface area contributed by atoms with E-state index in [2.05, 4.69) is 4.98 Å². The highest BCUT2D eigenvalue weighted by molar-refractivity contribution is 6.30. The van der Waals surface area contributed by atoms with Gasteiger partial charge in [0.2, 0.25) is 6.41 Å². The lowest BCUT2D eigenvalue weighted by atomic mass is 10.1. The molecule has 0 aromatic carbocycles. The maximum atomic E-state index is 10.8. The summed E-state index contributed by atoms with van der Waals surface area (Å²) in [6.45, 7) is 0.819. The number of carbonyl (C=O) groups excluding carboxylic acids is 1. The van der Waals surface area contributed by atoms with Crippen LogP contribution in [0.1, 0.15) is 24.4 Å². The van der Waals surface area contributed by atoms with Crippen LogP contribution in [-0.2, 0) is 4.79 Å². The molecule has 2 rings (SSSR count). The van der Waals surface area contributed by atoms with Gasteiger partial charge in [-0.15, -0.1) is 0 Å². The van der Waals surface area contributed by atoms with Gasteiger partial charge in [0.05, 0.1) is 6.04 Å². The fourth-order valence-corrected chi connectivity index (χ4v) is 2.14. The zero-order valence-electron chi connectivity index (χ0n) is 7.69. The second-order valence-corrected chi connectivity index (χ2v) is 3.74. The number of likely N-dealkylation sites (tertiary alicyclic amines) is 1. The summed E-state index contributed by atoms with van der Waals surface area (Å²) in [5.74, 6) is 0. The summed E-state index contributed by atoms with van der Waals surface area (Å²) >= 11 is 5.97. The third kappa shape index (κ3) is 1.60. The molecule has 1 amide bonds. The van der Waals surface area contributed by atoms with Gasteiger partial charge in [0, 0.05) is 18.3 Å². The lowest BCUT2D eigenvalue weighted by Crippen LogP contribution is -2.21. The number of nitrogens with zero attached hydrogens (tertiary/aromatic N) is 2. The molecule has 1 fully saturated rings. The monoisotopic (exact) mass is 210 g/mol. The van der Waals surface area contributed by atoms with Gasteiger partial charge < -0.3 is 4.90 Å². The van der Waals surface area contributed by atoms with Crippen LogP contribution in [0.4, 0.5) is 0 Å². The van der Waals surface area contributed by atoms with Gasteiger partial charge in [-0.2, -0.15) is 0 Å². The third-order valence-corrected chi connectivity index (χ3v) is 2.89. The van der Waals surface area contributed by atoms with Gasteiger partial charge in [-0.25, -0.2) is 4.98 Å². The number of hydrogen-bond donors (Lipinski definition) is 0. The minimum absolute atomic E-state index is 0.119. The molecular formula is C10H11ClN2O. The molecule has 1 atom stereocenters. The smallest absolute Gasteiger partial charge is 0.210 e. The lowest BCUT2D eigenvalue weighted by Gasteiger charge is -2.20. The molecule has 74 valence electrons. The fourth-order valence-electron chi connectivity index (χ4n) is 1.90. The van der Waals surface area contributed by atoms with Crippen molar-refractivity contribution in [3.63, 3.8) is 0 Å². The molecule has 1 saturated heterocycles. The van der Waals surface area contributed by atoms with E-state index in [1.54, 1.807) is 11.1 Å². The Morgan fingerprint density at radius 2 is 2.50 bits per heavy atom. The Morgan fingerprint density at radius 1 is 1.64 bits per heavy atom. The van der Waals surface area contributed by atoms with Crippen LogP contribution in [0, 0.1) is 0 Å². The molecule has 1 aliphatic heterocycles. The Balaban J connectivity index is 2.30. The normalized spacial score (nSPS) is 21.2. The van der Waals surface area contributed by atoms with Crippen LogP contribution in [-0.4, -0.2) is 22.8 Å². The number of carbonyl (C=O) groups is 1. The van der Waals surface area contributed by atoms with Crippen molar-refractivity contribution in [3.8, 4) is 0 Å². The van der Waals surface area contributed by atoms with Gasteiger partial charge in [-0.05, 0) is 18.9 Å². The summed E-state index contributed by atoms with van der Waals surface area (Å²) in [6, 6.07) is 3.90. The number of halogens is 1. The first-order chi connectivity index (χ1) is 6.83. The van der Waals surface area contributed by atoms with Crippen LogP contribution in [0.15, 0.2) is 18.3 Å². The largest absolute Gasteiger partial charge is 0.338 e. The molecule has 3 nitrogen and oxygen atoms in total. The molecule has 2 heterocycles. The number of hydrogen-bond acceptors (Lipinski definition) is 2. The molecule has 0 unspecified atom stereocenters. The number of pyridine rings is 1. The van der Waals surface area contributed by atoms with Crippen molar-refractivity contribution in [1.82, 2.24) is 9.88 Å². The predicted octanol–water partition coefficient (Wildman–Crippen LogP) is 2.03. The summed E-state index contributed by atoms with van der Waals surface area (Å²) in [5, 5.41) is 0.506. The maximum absolute atomic E-state index is 10.8. The molecule has 0 radical (unpaired) electrons. The second kappa shape index (κ2) is 3.96.